The number of carbonyl (C=O) groups excluding carboxylic acids is 1. The Morgan fingerprint density at radius 2 is 1.67 bits per heavy atom. The number of anilines is 2. The Bertz CT molecular complexity index is 1070. The maximum atomic E-state index is 13.7. The summed E-state index contributed by atoms with van der Waals surface area (Å²) in [7, 11) is 0. The second-order valence-electron chi connectivity index (χ2n) is 6.86. The van der Waals surface area contributed by atoms with E-state index < -0.39 is 24.2 Å². The molecular formula is C20H15Cl2F3N4O. The largest absolute Gasteiger partial charge is 0.410 e. The molecule has 2 aromatic carbocycles. The summed E-state index contributed by atoms with van der Waals surface area (Å²) in [6, 6.07) is 11.8. The molecule has 0 spiro atoms. The van der Waals surface area contributed by atoms with Gasteiger partial charge in [0.15, 0.2) is 11.7 Å². The van der Waals surface area contributed by atoms with E-state index >= 15 is 0 Å². The van der Waals surface area contributed by atoms with Gasteiger partial charge < -0.3 is 10.6 Å². The van der Waals surface area contributed by atoms with Gasteiger partial charge in [0.25, 0.3) is 5.91 Å². The van der Waals surface area contributed by atoms with Crippen molar-refractivity contribution < 1.29 is 18.0 Å². The van der Waals surface area contributed by atoms with Gasteiger partial charge in [0.1, 0.15) is 5.82 Å². The molecule has 0 radical (unpaired) electrons. The Kier molecular flexibility index (Phi) is 5.38. The van der Waals surface area contributed by atoms with Gasteiger partial charge in [0, 0.05) is 28.2 Å². The van der Waals surface area contributed by atoms with Crippen LogP contribution in [-0.4, -0.2) is 21.9 Å². The predicted octanol–water partition coefficient (Wildman–Crippen LogP) is 6.10. The van der Waals surface area contributed by atoms with Crippen LogP contribution in [0.15, 0.2) is 54.6 Å². The summed E-state index contributed by atoms with van der Waals surface area (Å²) >= 11 is 11.7. The minimum atomic E-state index is -4.53. The Morgan fingerprint density at radius 3 is 2.27 bits per heavy atom. The van der Waals surface area contributed by atoms with Crippen molar-refractivity contribution in [3.8, 4) is 0 Å². The van der Waals surface area contributed by atoms with Crippen molar-refractivity contribution in [2.45, 2.75) is 24.7 Å². The number of aromatic nitrogens is 2. The molecule has 0 saturated heterocycles. The van der Waals surface area contributed by atoms with Crippen LogP contribution in [0.2, 0.25) is 10.0 Å². The van der Waals surface area contributed by atoms with Crippen LogP contribution in [0.4, 0.5) is 24.7 Å². The summed E-state index contributed by atoms with van der Waals surface area (Å²) in [5.74, 6) is -0.505. The average Bonchev–Trinajstić information content (AvgIpc) is 3.13. The summed E-state index contributed by atoms with van der Waals surface area (Å²) in [5.41, 5.74) is 0.987. The van der Waals surface area contributed by atoms with Crippen LogP contribution >= 0.6 is 23.2 Å². The van der Waals surface area contributed by atoms with Crippen LogP contribution in [0, 0.1) is 0 Å². The molecule has 2 N–H and O–H groups in total. The van der Waals surface area contributed by atoms with Gasteiger partial charge in [-0.3, -0.25) is 4.79 Å². The molecule has 2 unspecified atom stereocenters. The summed E-state index contributed by atoms with van der Waals surface area (Å²) in [5, 5.41) is 10.6. The number of carbonyl (C=O) groups is 1. The van der Waals surface area contributed by atoms with Gasteiger partial charge in [-0.1, -0.05) is 35.3 Å². The molecule has 3 aromatic rings. The molecule has 10 heteroatoms. The molecule has 2 atom stereocenters. The molecule has 5 nitrogen and oxygen atoms in total. The first kappa shape index (κ1) is 20.6. The third-order valence-electron chi connectivity index (χ3n) is 4.80. The highest BCUT2D eigenvalue weighted by Crippen LogP contribution is 2.43. The first-order chi connectivity index (χ1) is 14.2. The number of hydrogen-bond donors (Lipinski definition) is 2. The molecule has 1 amide bonds. The number of nitrogens with one attached hydrogen (secondary N) is 2. The molecule has 0 bridgehead atoms. The number of nitrogens with zero attached hydrogens (tertiary/aromatic N) is 2. The van der Waals surface area contributed by atoms with Gasteiger partial charge in [0.05, 0.1) is 6.04 Å². The van der Waals surface area contributed by atoms with E-state index in [1.165, 1.54) is 6.07 Å². The van der Waals surface area contributed by atoms with Gasteiger partial charge in [0.2, 0.25) is 0 Å². The molecule has 1 aliphatic heterocycles. The number of fused-ring (bicyclic) bond motifs is 1. The number of benzene rings is 2. The van der Waals surface area contributed by atoms with Crippen LogP contribution in [0.25, 0.3) is 0 Å². The molecule has 156 valence electrons. The fraction of sp³-hybridized carbons (Fsp3) is 0.200. The molecule has 0 fully saturated rings. The van der Waals surface area contributed by atoms with Crippen LogP contribution < -0.4 is 10.6 Å². The van der Waals surface area contributed by atoms with E-state index in [4.69, 9.17) is 23.2 Å². The molecule has 0 saturated carbocycles. The second kappa shape index (κ2) is 7.85. The minimum Gasteiger partial charge on any atom is -0.363 e. The molecule has 1 aromatic heterocycles. The Balaban J connectivity index is 1.63. The molecule has 4 rings (SSSR count). The normalized spacial score (nSPS) is 18.4. The zero-order valence-corrected chi connectivity index (χ0v) is 16.8. The third kappa shape index (κ3) is 4.24. The van der Waals surface area contributed by atoms with Crippen molar-refractivity contribution in [2.75, 3.05) is 10.6 Å². The van der Waals surface area contributed by atoms with Crippen molar-refractivity contribution in [1.82, 2.24) is 9.78 Å². The summed E-state index contributed by atoms with van der Waals surface area (Å²) in [6.07, 6.45) is -4.80. The molecule has 30 heavy (non-hydrogen) atoms. The molecule has 0 aliphatic carbocycles. The number of rotatable bonds is 3. The number of alkyl halides is 3. The zero-order chi connectivity index (χ0) is 21.5. The molecule has 2 heterocycles. The first-order valence-corrected chi connectivity index (χ1v) is 9.71. The summed E-state index contributed by atoms with van der Waals surface area (Å²) in [4.78, 5) is 12.5. The Morgan fingerprint density at radius 1 is 1.07 bits per heavy atom. The van der Waals surface area contributed by atoms with E-state index in [0.717, 1.165) is 4.68 Å². The maximum Gasteiger partial charge on any atom is 0.410 e. The van der Waals surface area contributed by atoms with Gasteiger partial charge >= 0.3 is 6.18 Å². The Hall–Kier alpha value is -2.71. The standard InChI is InChI=1S/C20H15Cl2F3N4O/c21-12-3-1-11(2-4-12)15-9-17(20(23,24)25)29-18(27-15)10-16(28-29)19(30)26-14-7-5-13(22)6-8-14/h1-8,10,15,17,27H,9H2,(H,26,30). The van der Waals surface area contributed by atoms with Gasteiger partial charge in [-0.15, -0.1) is 0 Å². The van der Waals surface area contributed by atoms with E-state index in [1.54, 1.807) is 48.5 Å². The average molecular weight is 455 g/mol. The second-order valence-corrected chi connectivity index (χ2v) is 7.73. The predicted molar refractivity (Wildman–Crippen MR) is 109 cm³/mol. The SMILES string of the molecule is O=C(Nc1ccc(Cl)cc1)c1cc2n(n1)C(C(F)(F)F)CC(c1ccc(Cl)cc1)N2. The van der Waals surface area contributed by atoms with Crippen molar-refractivity contribution in [3.63, 3.8) is 0 Å². The smallest absolute Gasteiger partial charge is 0.363 e. The topological polar surface area (TPSA) is 59.0 Å². The molecular weight excluding hydrogens is 440 g/mol. The lowest BCUT2D eigenvalue weighted by atomic mass is 9.97. The monoisotopic (exact) mass is 454 g/mol. The zero-order valence-electron chi connectivity index (χ0n) is 15.3. The van der Waals surface area contributed by atoms with Crippen LogP contribution in [0.1, 0.15) is 34.6 Å². The highest BCUT2D eigenvalue weighted by molar-refractivity contribution is 6.30. The van der Waals surface area contributed by atoms with Crippen LogP contribution in [0.5, 0.6) is 0 Å². The van der Waals surface area contributed by atoms with Crippen molar-refractivity contribution in [2.24, 2.45) is 0 Å². The van der Waals surface area contributed by atoms with E-state index in [9.17, 15) is 18.0 Å². The van der Waals surface area contributed by atoms with Crippen molar-refractivity contribution >= 4 is 40.6 Å². The van der Waals surface area contributed by atoms with Gasteiger partial charge in [-0.2, -0.15) is 18.3 Å². The first-order valence-electron chi connectivity index (χ1n) is 8.96. The summed E-state index contributed by atoms with van der Waals surface area (Å²) < 4.78 is 42.1. The van der Waals surface area contributed by atoms with E-state index in [-0.39, 0.29) is 17.9 Å². The number of hydrogen-bond acceptors (Lipinski definition) is 3. The fourth-order valence-corrected chi connectivity index (χ4v) is 3.58. The fourth-order valence-electron chi connectivity index (χ4n) is 3.33. The van der Waals surface area contributed by atoms with Gasteiger partial charge in [-0.25, -0.2) is 4.68 Å². The van der Waals surface area contributed by atoms with E-state index in [1.807, 2.05) is 0 Å². The van der Waals surface area contributed by atoms with Crippen LogP contribution in [-0.2, 0) is 0 Å². The quantitative estimate of drug-likeness (QED) is 0.502. The Labute approximate surface area is 179 Å². The van der Waals surface area contributed by atoms with Gasteiger partial charge in [-0.05, 0) is 42.0 Å². The lowest BCUT2D eigenvalue weighted by Crippen LogP contribution is -2.35. The third-order valence-corrected chi connectivity index (χ3v) is 5.30. The van der Waals surface area contributed by atoms with E-state index in [2.05, 4.69) is 15.7 Å². The maximum absolute atomic E-state index is 13.7. The minimum absolute atomic E-state index is 0.116. The lowest BCUT2D eigenvalue weighted by molar-refractivity contribution is -0.173. The number of halogens is 5. The lowest BCUT2D eigenvalue weighted by Gasteiger charge is -2.33. The highest BCUT2D eigenvalue weighted by atomic mass is 35.5. The van der Waals surface area contributed by atoms with Crippen molar-refractivity contribution in [3.05, 3.63) is 75.9 Å². The van der Waals surface area contributed by atoms with Crippen molar-refractivity contribution in [1.29, 1.82) is 0 Å². The summed E-state index contributed by atoms with van der Waals surface area (Å²) in [6.45, 7) is 0. The highest BCUT2D eigenvalue weighted by Gasteiger charge is 2.46. The van der Waals surface area contributed by atoms with Crippen LogP contribution in [0.3, 0.4) is 0 Å². The molecule has 1 aliphatic rings. The van der Waals surface area contributed by atoms with E-state index in [0.29, 0.717) is 21.3 Å². The number of amides is 1.